The second-order valence-corrected chi connectivity index (χ2v) is 9.76. The van der Waals surface area contributed by atoms with E-state index in [1.807, 2.05) is 0 Å². The molecule has 0 amide bonds. The first-order chi connectivity index (χ1) is 17.2. The summed E-state index contributed by atoms with van der Waals surface area (Å²) in [4.78, 5) is 12.9. The summed E-state index contributed by atoms with van der Waals surface area (Å²) in [7, 11) is 0. The standard InChI is InChI=1S/C26H12Cl4O6/c27-16-7-14-21(9-20(16)31)35-22-10-23(34-11-5-18(29)24(32)19(30)6-11)17(28)8-15(22)26(14)13-4-2-1-3-12(13)25(33)36-26/h1-10,31-32H. The van der Waals surface area contributed by atoms with Crippen LogP contribution in [0.4, 0.5) is 0 Å². The van der Waals surface area contributed by atoms with Crippen molar-refractivity contribution in [3.63, 3.8) is 0 Å². The molecule has 10 heteroatoms. The zero-order valence-electron chi connectivity index (χ0n) is 17.8. The fraction of sp³-hybridized carbons (Fsp3) is 0.0385. The minimum atomic E-state index is -1.43. The van der Waals surface area contributed by atoms with Gasteiger partial charge in [-0.05, 0) is 18.2 Å². The predicted octanol–water partition coefficient (Wildman–Crippen LogP) is 8.07. The van der Waals surface area contributed by atoms with E-state index in [-0.39, 0.29) is 54.6 Å². The second kappa shape index (κ2) is 8.11. The number of hydrogen-bond acceptors (Lipinski definition) is 6. The third-order valence-corrected chi connectivity index (χ3v) is 7.23. The molecule has 0 bridgehead atoms. The number of ether oxygens (including phenoxy) is 3. The molecule has 1 unspecified atom stereocenters. The Labute approximate surface area is 224 Å². The molecule has 4 aromatic carbocycles. The summed E-state index contributed by atoms with van der Waals surface area (Å²) in [6.07, 6.45) is 0. The zero-order chi connectivity index (χ0) is 25.4. The zero-order valence-corrected chi connectivity index (χ0v) is 20.8. The van der Waals surface area contributed by atoms with Gasteiger partial charge in [-0.3, -0.25) is 0 Å². The molecule has 0 aliphatic carbocycles. The number of rotatable bonds is 2. The van der Waals surface area contributed by atoms with E-state index in [4.69, 9.17) is 60.6 Å². The number of esters is 1. The molecule has 0 fully saturated rings. The predicted molar refractivity (Wildman–Crippen MR) is 135 cm³/mol. The number of carbonyl (C=O) groups is 1. The van der Waals surface area contributed by atoms with Crippen LogP contribution in [0.1, 0.15) is 27.0 Å². The van der Waals surface area contributed by atoms with E-state index in [9.17, 15) is 15.0 Å². The highest BCUT2D eigenvalue weighted by Gasteiger charge is 2.54. The van der Waals surface area contributed by atoms with Crippen LogP contribution < -0.4 is 9.47 Å². The van der Waals surface area contributed by atoms with Gasteiger partial charge >= 0.3 is 5.97 Å². The van der Waals surface area contributed by atoms with Gasteiger partial charge < -0.3 is 24.4 Å². The van der Waals surface area contributed by atoms with Gasteiger partial charge in [0.25, 0.3) is 0 Å². The molecule has 1 spiro atoms. The molecule has 1 atom stereocenters. The maximum atomic E-state index is 12.9. The molecular weight excluding hydrogens is 550 g/mol. The highest BCUT2D eigenvalue weighted by atomic mass is 35.5. The van der Waals surface area contributed by atoms with Crippen molar-refractivity contribution in [2.45, 2.75) is 5.60 Å². The Hall–Kier alpha value is -3.29. The third kappa shape index (κ3) is 3.29. The van der Waals surface area contributed by atoms with Gasteiger partial charge in [0, 0.05) is 41.0 Å². The Bertz CT molecular complexity index is 1600. The molecule has 4 aromatic rings. The topological polar surface area (TPSA) is 85.2 Å². The Morgan fingerprint density at radius 2 is 1.39 bits per heavy atom. The molecule has 2 aliphatic heterocycles. The van der Waals surface area contributed by atoms with Crippen LogP contribution in [-0.4, -0.2) is 16.2 Å². The number of benzene rings is 4. The highest BCUT2D eigenvalue weighted by molar-refractivity contribution is 6.37. The minimum Gasteiger partial charge on any atom is -0.506 e. The lowest BCUT2D eigenvalue weighted by molar-refractivity contribution is 0.0224. The van der Waals surface area contributed by atoms with Gasteiger partial charge in [-0.1, -0.05) is 64.6 Å². The lowest BCUT2D eigenvalue weighted by Crippen LogP contribution is -2.33. The van der Waals surface area contributed by atoms with E-state index in [1.165, 1.54) is 30.3 Å². The van der Waals surface area contributed by atoms with Gasteiger partial charge in [0.05, 0.1) is 25.7 Å². The molecule has 6 rings (SSSR count). The molecule has 2 aliphatic rings. The highest BCUT2D eigenvalue weighted by Crippen LogP contribution is 2.58. The first kappa shape index (κ1) is 23.1. The van der Waals surface area contributed by atoms with Crippen molar-refractivity contribution >= 4 is 52.4 Å². The molecule has 6 nitrogen and oxygen atoms in total. The van der Waals surface area contributed by atoms with E-state index in [0.717, 1.165) is 0 Å². The summed E-state index contributed by atoms with van der Waals surface area (Å²) in [6.45, 7) is 0. The number of phenolic OH excluding ortho intramolecular Hbond substituents is 2. The first-order valence-corrected chi connectivity index (χ1v) is 11.9. The summed E-state index contributed by atoms with van der Waals surface area (Å²) in [5.74, 6) is -0.101. The SMILES string of the molecule is O=C1OC2(c3cc(Cl)c(O)cc3Oc3cc(Oc4cc(Cl)c(O)c(Cl)c4)c(Cl)cc32)c2ccccc21. The van der Waals surface area contributed by atoms with Crippen LogP contribution in [0.2, 0.25) is 20.1 Å². The lowest BCUT2D eigenvalue weighted by Gasteiger charge is -2.37. The normalized spacial score (nSPS) is 17.2. The van der Waals surface area contributed by atoms with Crippen molar-refractivity contribution in [3.8, 4) is 34.5 Å². The van der Waals surface area contributed by atoms with Crippen molar-refractivity contribution in [2.24, 2.45) is 0 Å². The minimum absolute atomic E-state index is 0.00228. The summed E-state index contributed by atoms with van der Waals surface area (Å²) >= 11 is 24.9. The Morgan fingerprint density at radius 1 is 0.750 bits per heavy atom. The average molecular weight is 562 g/mol. The molecule has 0 saturated heterocycles. The Kier molecular flexibility index (Phi) is 5.21. The van der Waals surface area contributed by atoms with Gasteiger partial charge in [-0.2, -0.15) is 0 Å². The molecule has 2 heterocycles. The summed E-state index contributed by atoms with van der Waals surface area (Å²) < 4.78 is 18.0. The van der Waals surface area contributed by atoms with Crippen LogP contribution in [0.15, 0.2) is 60.7 Å². The van der Waals surface area contributed by atoms with Gasteiger partial charge in [-0.15, -0.1) is 0 Å². The van der Waals surface area contributed by atoms with Crippen LogP contribution in [0.25, 0.3) is 0 Å². The van der Waals surface area contributed by atoms with Crippen LogP contribution in [0.3, 0.4) is 0 Å². The van der Waals surface area contributed by atoms with E-state index >= 15 is 0 Å². The van der Waals surface area contributed by atoms with Gasteiger partial charge in [0.1, 0.15) is 28.7 Å². The quantitative estimate of drug-likeness (QED) is 0.241. The van der Waals surface area contributed by atoms with E-state index in [2.05, 4.69) is 0 Å². The van der Waals surface area contributed by atoms with Crippen LogP contribution in [-0.2, 0) is 10.3 Å². The summed E-state index contributed by atoms with van der Waals surface area (Å²) in [5.41, 5.74) is 0.392. The molecule has 2 N–H and O–H groups in total. The smallest absolute Gasteiger partial charge is 0.340 e. The molecule has 0 radical (unpaired) electrons. The van der Waals surface area contributed by atoms with E-state index < -0.39 is 11.6 Å². The van der Waals surface area contributed by atoms with Gasteiger partial charge in [0.2, 0.25) is 0 Å². The maximum absolute atomic E-state index is 12.9. The van der Waals surface area contributed by atoms with Crippen molar-refractivity contribution in [1.29, 1.82) is 0 Å². The fourth-order valence-corrected chi connectivity index (χ4v) is 5.32. The Morgan fingerprint density at radius 3 is 2.11 bits per heavy atom. The van der Waals surface area contributed by atoms with E-state index in [0.29, 0.717) is 22.3 Å². The number of aromatic hydroxyl groups is 2. The second-order valence-electron chi connectivity index (χ2n) is 8.13. The molecule has 0 saturated carbocycles. The van der Waals surface area contributed by atoms with Gasteiger partial charge in [-0.25, -0.2) is 4.79 Å². The Balaban J connectivity index is 1.57. The number of hydrogen-bond donors (Lipinski definition) is 2. The largest absolute Gasteiger partial charge is 0.506 e. The molecule has 0 aromatic heterocycles. The van der Waals surface area contributed by atoms with Crippen molar-refractivity contribution in [2.75, 3.05) is 0 Å². The third-order valence-electron chi connectivity index (χ3n) is 6.05. The van der Waals surface area contributed by atoms with E-state index in [1.54, 1.807) is 30.3 Å². The molecular formula is C26H12Cl4O6. The molecule has 180 valence electrons. The van der Waals surface area contributed by atoms with Crippen molar-refractivity contribution < 1.29 is 29.2 Å². The molecule has 36 heavy (non-hydrogen) atoms. The van der Waals surface area contributed by atoms with Crippen molar-refractivity contribution in [1.82, 2.24) is 0 Å². The summed E-state index contributed by atoms with van der Waals surface area (Å²) in [5, 5.41) is 20.3. The van der Waals surface area contributed by atoms with Crippen LogP contribution >= 0.6 is 46.4 Å². The van der Waals surface area contributed by atoms with Crippen LogP contribution in [0.5, 0.6) is 34.5 Å². The average Bonchev–Trinajstić information content (AvgIpc) is 3.13. The van der Waals surface area contributed by atoms with Crippen molar-refractivity contribution in [3.05, 3.63) is 103 Å². The monoisotopic (exact) mass is 560 g/mol. The number of halogens is 4. The number of phenols is 2. The summed E-state index contributed by atoms with van der Waals surface area (Å²) in [6, 6.07) is 15.7. The van der Waals surface area contributed by atoms with Gasteiger partial charge in [0.15, 0.2) is 11.4 Å². The number of carbonyl (C=O) groups excluding carboxylic acids is 1. The van der Waals surface area contributed by atoms with Crippen LogP contribution in [0, 0.1) is 0 Å². The first-order valence-electron chi connectivity index (χ1n) is 10.4. The fourth-order valence-electron chi connectivity index (χ4n) is 4.48. The number of fused-ring (bicyclic) bond motifs is 6. The lowest BCUT2D eigenvalue weighted by atomic mass is 9.77. The maximum Gasteiger partial charge on any atom is 0.340 e.